The molecule has 5 heteroatoms. The minimum absolute atomic E-state index is 0.162. The first-order valence-electron chi connectivity index (χ1n) is 7.49. The van der Waals surface area contributed by atoms with Crippen LogP contribution >= 0.6 is 0 Å². The molecule has 110 valence electrons. The molecule has 0 saturated carbocycles. The SMILES string of the molecule is O=C(NCCCCNc1ccccn1)C1CCCNC1. The van der Waals surface area contributed by atoms with Gasteiger partial charge >= 0.3 is 0 Å². The zero-order chi connectivity index (χ0) is 14.0. The number of anilines is 1. The van der Waals surface area contributed by atoms with E-state index in [1.54, 1.807) is 6.20 Å². The van der Waals surface area contributed by atoms with Gasteiger partial charge in [-0.25, -0.2) is 4.98 Å². The van der Waals surface area contributed by atoms with E-state index in [4.69, 9.17) is 0 Å². The number of rotatable bonds is 7. The number of hydrogen-bond donors (Lipinski definition) is 3. The zero-order valence-electron chi connectivity index (χ0n) is 11.9. The molecule has 20 heavy (non-hydrogen) atoms. The van der Waals surface area contributed by atoms with E-state index >= 15 is 0 Å². The Bertz CT molecular complexity index is 390. The van der Waals surface area contributed by atoms with Gasteiger partial charge in [0.2, 0.25) is 5.91 Å². The van der Waals surface area contributed by atoms with E-state index in [2.05, 4.69) is 20.9 Å². The first kappa shape index (κ1) is 14.8. The molecule has 0 spiro atoms. The predicted molar refractivity (Wildman–Crippen MR) is 80.6 cm³/mol. The molecule has 1 unspecified atom stereocenters. The summed E-state index contributed by atoms with van der Waals surface area (Å²) >= 11 is 0. The van der Waals surface area contributed by atoms with E-state index in [0.29, 0.717) is 0 Å². The Morgan fingerprint density at radius 2 is 2.25 bits per heavy atom. The van der Waals surface area contributed by atoms with Gasteiger partial charge in [-0.3, -0.25) is 4.79 Å². The number of pyridine rings is 1. The van der Waals surface area contributed by atoms with Crippen molar-refractivity contribution in [3.63, 3.8) is 0 Å². The summed E-state index contributed by atoms with van der Waals surface area (Å²) in [4.78, 5) is 16.1. The molecule has 1 aromatic rings. The van der Waals surface area contributed by atoms with Crippen molar-refractivity contribution < 1.29 is 4.79 Å². The fraction of sp³-hybridized carbons (Fsp3) is 0.600. The molecule has 0 bridgehead atoms. The molecule has 0 aliphatic carbocycles. The summed E-state index contributed by atoms with van der Waals surface area (Å²) in [5, 5.41) is 9.56. The van der Waals surface area contributed by atoms with E-state index in [9.17, 15) is 4.79 Å². The molecule has 3 N–H and O–H groups in total. The van der Waals surface area contributed by atoms with Crippen LogP contribution in [-0.2, 0) is 4.79 Å². The highest BCUT2D eigenvalue weighted by Gasteiger charge is 2.19. The van der Waals surface area contributed by atoms with Gasteiger partial charge in [-0.1, -0.05) is 6.07 Å². The van der Waals surface area contributed by atoms with Crippen molar-refractivity contribution in [3.05, 3.63) is 24.4 Å². The maximum absolute atomic E-state index is 11.9. The fourth-order valence-electron chi connectivity index (χ4n) is 2.37. The van der Waals surface area contributed by atoms with Gasteiger partial charge in [0.15, 0.2) is 0 Å². The number of amides is 1. The van der Waals surface area contributed by atoms with Gasteiger partial charge in [0.05, 0.1) is 5.92 Å². The number of nitrogens with zero attached hydrogens (tertiary/aromatic N) is 1. The Morgan fingerprint density at radius 3 is 3.00 bits per heavy atom. The van der Waals surface area contributed by atoms with Crippen LogP contribution < -0.4 is 16.0 Å². The van der Waals surface area contributed by atoms with Crippen LogP contribution in [0.15, 0.2) is 24.4 Å². The summed E-state index contributed by atoms with van der Waals surface area (Å²) in [6, 6.07) is 5.83. The second-order valence-electron chi connectivity index (χ2n) is 5.18. The van der Waals surface area contributed by atoms with Gasteiger partial charge in [0.25, 0.3) is 0 Å². The normalized spacial score (nSPS) is 18.5. The second-order valence-corrected chi connectivity index (χ2v) is 5.18. The molecule has 1 saturated heterocycles. The lowest BCUT2D eigenvalue weighted by atomic mass is 9.99. The van der Waals surface area contributed by atoms with Gasteiger partial charge in [0.1, 0.15) is 5.82 Å². The van der Waals surface area contributed by atoms with E-state index < -0.39 is 0 Å². The first-order chi connectivity index (χ1) is 9.86. The van der Waals surface area contributed by atoms with Crippen LogP contribution in [0, 0.1) is 5.92 Å². The third-order valence-corrected chi connectivity index (χ3v) is 3.54. The molecule has 5 nitrogen and oxygen atoms in total. The van der Waals surface area contributed by atoms with E-state index in [0.717, 1.165) is 57.7 Å². The van der Waals surface area contributed by atoms with Crippen molar-refractivity contribution in [2.45, 2.75) is 25.7 Å². The molecule has 1 aliphatic rings. The third-order valence-electron chi connectivity index (χ3n) is 3.54. The number of hydrogen-bond acceptors (Lipinski definition) is 4. The number of carbonyl (C=O) groups is 1. The first-order valence-corrected chi connectivity index (χ1v) is 7.49. The Balaban J connectivity index is 1.50. The number of aromatic nitrogens is 1. The Hall–Kier alpha value is -1.62. The Kier molecular flexibility index (Phi) is 6.31. The van der Waals surface area contributed by atoms with Crippen molar-refractivity contribution in [3.8, 4) is 0 Å². The topological polar surface area (TPSA) is 66.0 Å². The summed E-state index contributed by atoms with van der Waals surface area (Å²) in [7, 11) is 0. The highest BCUT2D eigenvalue weighted by Crippen LogP contribution is 2.09. The Morgan fingerprint density at radius 1 is 1.35 bits per heavy atom. The lowest BCUT2D eigenvalue weighted by Crippen LogP contribution is -2.40. The van der Waals surface area contributed by atoms with Crippen molar-refractivity contribution in [1.29, 1.82) is 0 Å². The van der Waals surface area contributed by atoms with Crippen LogP contribution in [0.1, 0.15) is 25.7 Å². The predicted octanol–water partition coefficient (Wildman–Crippen LogP) is 1.39. The maximum atomic E-state index is 11.9. The molecule has 1 aromatic heterocycles. The van der Waals surface area contributed by atoms with E-state index in [-0.39, 0.29) is 11.8 Å². The second kappa shape index (κ2) is 8.53. The lowest BCUT2D eigenvalue weighted by Gasteiger charge is -2.21. The van der Waals surface area contributed by atoms with Crippen LogP contribution in [0.25, 0.3) is 0 Å². The average Bonchev–Trinajstić information content (AvgIpc) is 2.52. The molecular weight excluding hydrogens is 252 g/mol. The lowest BCUT2D eigenvalue weighted by molar-refractivity contribution is -0.125. The van der Waals surface area contributed by atoms with E-state index in [1.165, 1.54) is 0 Å². The van der Waals surface area contributed by atoms with Gasteiger partial charge in [-0.05, 0) is 44.4 Å². The standard InChI is InChI=1S/C15H24N4O/c20-15(13-6-5-8-16-12-13)19-11-4-3-10-18-14-7-1-2-9-17-14/h1-2,7,9,13,16H,3-6,8,10-12H2,(H,17,18)(H,19,20). The van der Waals surface area contributed by atoms with Crippen molar-refractivity contribution >= 4 is 11.7 Å². The largest absolute Gasteiger partial charge is 0.370 e. The molecule has 0 radical (unpaired) electrons. The molecule has 1 atom stereocenters. The smallest absolute Gasteiger partial charge is 0.224 e. The minimum atomic E-state index is 0.162. The fourth-order valence-corrected chi connectivity index (χ4v) is 2.37. The van der Waals surface area contributed by atoms with Crippen LogP contribution in [-0.4, -0.2) is 37.1 Å². The van der Waals surface area contributed by atoms with Gasteiger partial charge in [0, 0.05) is 25.8 Å². The summed E-state index contributed by atoms with van der Waals surface area (Å²) in [5.41, 5.74) is 0. The van der Waals surface area contributed by atoms with Crippen molar-refractivity contribution in [2.24, 2.45) is 5.92 Å². The van der Waals surface area contributed by atoms with Gasteiger partial charge < -0.3 is 16.0 Å². The van der Waals surface area contributed by atoms with Crippen LogP contribution in [0.3, 0.4) is 0 Å². The quantitative estimate of drug-likeness (QED) is 0.658. The molecular formula is C15H24N4O. The van der Waals surface area contributed by atoms with Crippen LogP contribution in [0.5, 0.6) is 0 Å². The summed E-state index contributed by atoms with van der Waals surface area (Å²) in [5.74, 6) is 1.27. The Labute approximate surface area is 120 Å². The summed E-state index contributed by atoms with van der Waals surface area (Å²) in [6.45, 7) is 3.52. The van der Waals surface area contributed by atoms with Crippen LogP contribution in [0.2, 0.25) is 0 Å². The van der Waals surface area contributed by atoms with Crippen molar-refractivity contribution in [1.82, 2.24) is 15.6 Å². The molecule has 0 aromatic carbocycles. The number of nitrogens with one attached hydrogen (secondary N) is 3. The molecule has 2 rings (SSSR count). The summed E-state index contributed by atoms with van der Waals surface area (Å²) < 4.78 is 0. The monoisotopic (exact) mass is 276 g/mol. The molecule has 1 fully saturated rings. The van der Waals surface area contributed by atoms with Gasteiger partial charge in [-0.2, -0.15) is 0 Å². The molecule has 1 amide bonds. The van der Waals surface area contributed by atoms with Gasteiger partial charge in [-0.15, -0.1) is 0 Å². The molecule has 1 aliphatic heterocycles. The number of piperidine rings is 1. The minimum Gasteiger partial charge on any atom is -0.370 e. The maximum Gasteiger partial charge on any atom is 0.224 e. The zero-order valence-corrected chi connectivity index (χ0v) is 11.9. The van der Waals surface area contributed by atoms with E-state index in [1.807, 2.05) is 18.2 Å². The molecule has 2 heterocycles. The van der Waals surface area contributed by atoms with Crippen LogP contribution in [0.4, 0.5) is 5.82 Å². The summed E-state index contributed by atoms with van der Waals surface area (Å²) in [6.07, 6.45) is 5.92. The highest BCUT2D eigenvalue weighted by molar-refractivity contribution is 5.78. The highest BCUT2D eigenvalue weighted by atomic mass is 16.1. The number of carbonyl (C=O) groups excluding carboxylic acids is 1. The third kappa shape index (κ3) is 5.17. The number of unbranched alkanes of at least 4 members (excludes halogenated alkanes) is 1. The van der Waals surface area contributed by atoms with Crippen molar-refractivity contribution in [2.75, 3.05) is 31.5 Å². The average molecular weight is 276 g/mol.